The number of hydrogen-bond acceptors (Lipinski definition) is 10. The Labute approximate surface area is 214 Å². The number of carbonyl (C=O) groups excluding carboxylic acids is 1. The number of sulfone groups is 1. The monoisotopic (exact) mass is 577 g/mol. The van der Waals surface area contributed by atoms with Gasteiger partial charge in [-0.3, -0.25) is 4.79 Å². The minimum absolute atomic E-state index is 0.00991. The van der Waals surface area contributed by atoms with E-state index in [1.54, 1.807) is 0 Å². The van der Waals surface area contributed by atoms with Gasteiger partial charge in [-0.2, -0.15) is 13.2 Å². The first kappa shape index (κ1) is 28.7. The zero-order valence-corrected chi connectivity index (χ0v) is 21.6. The maximum atomic E-state index is 14.8. The summed E-state index contributed by atoms with van der Waals surface area (Å²) in [5, 5.41) is 8.73. The minimum Gasteiger partial charge on any atom is -0.489 e. The standard InChI is InChI=1S/C21H19F4N5O6S2/c1-10-14(18(31)28-11-6-5-7-12(8-11)37(3,26)32)19(30-29-17(10)21(23,24)25)36-20-16(35-2)15(22)13(9-27-20)38(4,33)34/h5-9,26H,1-4H3,(H,28,31). The second kappa shape index (κ2) is 10.1. The maximum Gasteiger partial charge on any atom is 0.435 e. The topological polar surface area (TPSA) is 161 Å². The molecule has 0 aliphatic rings. The third-order valence-electron chi connectivity index (χ3n) is 4.93. The van der Waals surface area contributed by atoms with Gasteiger partial charge in [-0.25, -0.2) is 26.8 Å². The number of alkyl halides is 3. The second-order valence-corrected chi connectivity index (χ2v) is 12.0. The molecule has 0 radical (unpaired) electrons. The van der Waals surface area contributed by atoms with Crippen molar-refractivity contribution in [3.05, 3.63) is 53.1 Å². The van der Waals surface area contributed by atoms with Crippen LogP contribution in [0.4, 0.5) is 23.2 Å². The molecule has 17 heteroatoms. The highest BCUT2D eigenvalue weighted by atomic mass is 32.2. The zero-order valence-electron chi connectivity index (χ0n) is 20.0. The zero-order chi connectivity index (χ0) is 28.6. The fourth-order valence-corrected chi connectivity index (χ4v) is 4.51. The predicted octanol–water partition coefficient (Wildman–Crippen LogP) is 3.83. The van der Waals surface area contributed by atoms with Crippen LogP contribution < -0.4 is 14.8 Å². The Kier molecular flexibility index (Phi) is 7.65. The van der Waals surface area contributed by atoms with Crippen LogP contribution in [-0.4, -0.2) is 53.3 Å². The fourth-order valence-electron chi connectivity index (χ4n) is 3.16. The lowest BCUT2D eigenvalue weighted by atomic mass is 10.1. The van der Waals surface area contributed by atoms with Crippen molar-refractivity contribution in [2.24, 2.45) is 0 Å². The van der Waals surface area contributed by atoms with Crippen molar-refractivity contribution in [1.29, 1.82) is 4.78 Å². The molecule has 1 aromatic carbocycles. The molecule has 1 atom stereocenters. The second-order valence-electron chi connectivity index (χ2n) is 7.83. The van der Waals surface area contributed by atoms with E-state index >= 15 is 0 Å². The third-order valence-corrected chi connectivity index (χ3v) is 7.17. The van der Waals surface area contributed by atoms with Gasteiger partial charge in [0.25, 0.3) is 17.7 Å². The van der Waals surface area contributed by atoms with Gasteiger partial charge < -0.3 is 14.8 Å². The fraction of sp³-hybridized carbons (Fsp3) is 0.238. The number of benzene rings is 1. The van der Waals surface area contributed by atoms with E-state index in [0.717, 1.165) is 20.3 Å². The molecule has 0 fully saturated rings. The molecule has 2 aromatic heterocycles. The molecule has 0 spiro atoms. The molecule has 1 unspecified atom stereocenters. The molecule has 2 N–H and O–H groups in total. The molecule has 1 amide bonds. The van der Waals surface area contributed by atoms with Gasteiger partial charge in [0.15, 0.2) is 21.3 Å². The molecule has 0 saturated carbocycles. The summed E-state index contributed by atoms with van der Waals surface area (Å²) < 4.78 is 109. The molecule has 204 valence electrons. The van der Waals surface area contributed by atoms with Crippen molar-refractivity contribution in [2.45, 2.75) is 22.9 Å². The van der Waals surface area contributed by atoms with E-state index in [4.69, 9.17) is 14.3 Å². The Hall–Kier alpha value is -3.86. The van der Waals surface area contributed by atoms with Crippen LogP contribution in [0.5, 0.6) is 17.5 Å². The average Bonchev–Trinajstić information content (AvgIpc) is 2.77. The van der Waals surface area contributed by atoms with Crippen LogP contribution in [0.3, 0.4) is 0 Å². The number of nitrogens with zero attached hydrogens (tertiary/aromatic N) is 3. The van der Waals surface area contributed by atoms with Crippen LogP contribution in [0.1, 0.15) is 21.6 Å². The van der Waals surface area contributed by atoms with Crippen molar-refractivity contribution < 1.29 is 44.5 Å². The number of methoxy groups -OCH3 is 1. The quantitative estimate of drug-likeness (QED) is 0.398. The smallest absolute Gasteiger partial charge is 0.435 e. The number of aromatic nitrogens is 3. The van der Waals surface area contributed by atoms with Gasteiger partial charge in [-0.05, 0) is 30.7 Å². The number of rotatable bonds is 7. The van der Waals surface area contributed by atoms with Gasteiger partial charge in [-0.1, -0.05) is 6.07 Å². The summed E-state index contributed by atoms with van der Waals surface area (Å²) in [5.74, 6) is -4.96. The Morgan fingerprint density at radius 1 is 1.11 bits per heavy atom. The first-order valence-electron chi connectivity index (χ1n) is 10.1. The number of pyridine rings is 1. The molecule has 38 heavy (non-hydrogen) atoms. The normalized spacial score (nSPS) is 13.5. The van der Waals surface area contributed by atoms with Crippen molar-refractivity contribution in [3.8, 4) is 17.5 Å². The molecule has 0 aliphatic heterocycles. The summed E-state index contributed by atoms with van der Waals surface area (Å²) in [6, 6.07) is 5.28. The van der Waals surface area contributed by atoms with Crippen molar-refractivity contribution in [2.75, 3.05) is 24.9 Å². The van der Waals surface area contributed by atoms with Crippen LogP contribution >= 0.6 is 0 Å². The van der Waals surface area contributed by atoms with Crippen LogP contribution in [0.25, 0.3) is 0 Å². The molecular formula is C21H19F4N5O6S2. The van der Waals surface area contributed by atoms with E-state index in [-0.39, 0.29) is 10.6 Å². The summed E-state index contributed by atoms with van der Waals surface area (Å²) >= 11 is 0. The summed E-state index contributed by atoms with van der Waals surface area (Å²) in [5.41, 5.74) is -2.99. The molecule has 3 aromatic rings. The highest BCUT2D eigenvalue weighted by Gasteiger charge is 2.38. The Balaban J connectivity index is 2.15. The van der Waals surface area contributed by atoms with E-state index in [9.17, 15) is 35.0 Å². The number of halogens is 4. The Bertz CT molecular complexity index is 1640. The van der Waals surface area contributed by atoms with Crippen molar-refractivity contribution in [1.82, 2.24) is 15.2 Å². The first-order valence-corrected chi connectivity index (χ1v) is 14.0. The lowest BCUT2D eigenvalue weighted by Gasteiger charge is -2.17. The van der Waals surface area contributed by atoms with Crippen molar-refractivity contribution >= 4 is 31.2 Å². The number of nitrogens with one attached hydrogen (secondary N) is 2. The van der Waals surface area contributed by atoms with E-state index in [1.165, 1.54) is 24.3 Å². The average molecular weight is 578 g/mol. The summed E-state index contributed by atoms with van der Waals surface area (Å²) in [4.78, 5) is 16.0. The van der Waals surface area contributed by atoms with Crippen LogP contribution in [0, 0.1) is 17.5 Å². The van der Waals surface area contributed by atoms with Crippen LogP contribution in [0.2, 0.25) is 0 Å². The van der Waals surface area contributed by atoms with E-state index in [2.05, 4.69) is 20.5 Å². The van der Waals surface area contributed by atoms with Crippen LogP contribution in [0.15, 0.2) is 40.3 Å². The van der Waals surface area contributed by atoms with E-state index in [0.29, 0.717) is 12.5 Å². The summed E-state index contributed by atoms with van der Waals surface area (Å²) in [6.45, 7) is 0.927. The SMILES string of the molecule is COc1c(Oc2nnc(C(F)(F)F)c(C)c2C(=O)Nc2cccc(S(C)(=N)=O)c2)ncc(S(C)(=O)=O)c1F. The highest BCUT2D eigenvalue weighted by molar-refractivity contribution is 7.91. The number of amides is 1. The van der Waals surface area contributed by atoms with Crippen LogP contribution in [-0.2, 0) is 25.7 Å². The molecule has 0 bridgehead atoms. The number of carbonyl (C=O) groups is 1. The lowest BCUT2D eigenvalue weighted by Crippen LogP contribution is -2.21. The van der Waals surface area contributed by atoms with Gasteiger partial charge in [0.1, 0.15) is 10.5 Å². The Morgan fingerprint density at radius 3 is 2.32 bits per heavy atom. The van der Waals surface area contributed by atoms with Gasteiger partial charge >= 0.3 is 6.18 Å². The van der Waals surface area contributed by atoms with E-state index in [1.807, 2.05) is 0 Å². The van der Waals surface area contributed by atoms with E-state index < -0.39 is 76.7 Å². The molecule has 11 nitrogen and oxygen atoms in total. The molecular weight excluding hydrogens is 558 g/mol. The Morgan fingerprint density at radius 2 is 1.76 bits per heavy atom. The number of ether oxygens (including phenoxy) is 2. The summed E-state index contributed by atoms with van der Waals surface area (Å²) in [6.07, 6.45) is -2.56. The third kappa shape index (κ3) is 5.99. The minimum atomic E-state index is -5.01. The molecule has 3 rings (SSSR count). The van der Waals surface area contributed by atoms with Gasteiger partial charge in [-0.15, -0.1) is 10.2 Å². The van der Waals surface area contributed by atoms with Gasteiger partial charge in [0.05, 0.1) is 23.0 Å². The number of anilines is 1. The largest absolute Gasteiger partial charge is 0.489 e. The first-order chi connectivity index (χ1) is 17.4. The molecule has 2 heterocycles. The predicted molar refractivity (Wildman–Crippen MR) is 125 cm³/mol. The van der Waals surface area contributed by atoms with Crippen molar-refractivity contribution in [3.63, 3.8) is 0 Å². The summed E-state index contributed by atoms with van der Waals surface area (Å²) in [7, 11) is -6.30. The van der Waals surface area contributed by atoms with Gasteiger partial charge in [0.2, 0.25) is 5.75 Å². The molecule has 0 aliphatic carbocycles. The highest BCUT2D eigenvalue weighted by Crippen LogP contribution is 2.38. The van der Waals surface area contributed by atoms with Gasteiger partial charge in [0, 0.05) is 23.1 Å². The lowest BCUT2D eigenvalue weighted by molar-refractivity contribution is -0.142. The number of hydrogen-bond donors (Lipinski definition) is 2. The molecule has 0 saturated heterocycles. The maximum absolute atomic E-state index is 14.8.